The minimum absolute atomic E-state index is 0.216. The Morgan fingerprint density at radius 1 is 1.09 bits per heavy atom. The van der Waals surface area contributed by atoms with Crippen molar-refractivity contribution in [2.45, 2.75) is 19.4 Å². The van der Waals surface area contributed by atoms with E-state index in [4.69, 9.17) is 9.72 Å². The van der Waals surface area contributed by atoms with E-state index in [1.165, 1.54) is 21.9 Å². The molecule has 3 heteroatoms. The van der Waals surface area contributed by atoms with E-state index in [-0.39, 0.29) is 6.10 Å². The Morgan fingerprint density at radius 2 is 1.91 bits per heavy atom. The highest BCUT2D eigenvalue weighted by Crippen LogP contribution is 2.32. The molecule has 116 valence electrons. The van der Waals surface area contributed by atoms with Crippen LogP contribution in [0, 0.1) is 6.92 Å². The van der Waals surface area contributed by atoms with Gasteiger partial charge < -0.3 is 10.1 Å². The number of hydrogen-bond acceptors (Lipinski definition) is 3. The molecule has 0 radical (unpaired) electrons. The summed E-state index contributed by atoms with van der Waals surface area (Å²) in [7, 11) is 0. The van der Waals surface area contributed by atoms with Gasteiger partial charge in [-0.05, 0) is 30.8 Å². The van der Waals surface area contributed by atoms with Crippen molar-refractivity contribution in [1.29, 1.82) is 0 Å². The number of fused-ring (bicyclic) bond motifs is 1. The molecule has 23 heavy (non-hydrogen) atoms. The lowest BCUT2D eigenvalue weighted by Crippen LogP contribution is -2.20. The largest absolute Gasteiger partial charge is 0.473 e. The molecule has 1 N–H and O–H groups in total. The first-order valence-corrected chi connectivity index (χ1v) is 8.14. The lowest BCUT2D eigenvalue weighted by Gasteiger charge is -2.15. The SMILES string of the molecule is Cc1ccccc1-c1nc(OC2CCNC2)cc2ccccc12. The molecule has 1 unspecified atom stereocenters. The summed E-state index contributed by atoms with van der Waals surface area (Å²) in [4.78, 5) is 4.85. The first-order chi connectivity index (χ1) is 11.3. The van der Waals surface area contributed by atoms with Gasteiger partial charge in [0.1, 0.15) is 6.10 Å². The molecule has 1 aromatic heterocycles. The Hall–Kier alpha value is -2.39. The standard InChI is InChI=1S/C20H20N2O/c1-14-6-2-4-8-17(14)20-18-9-5-3-7-15(18)12-19(22-20)23-16-10-11-21-13-16/h2-9,12,16,21H,10-11,13H2,1H3. The van der Waals surface area contributed by atoms with Gasteiger partial charge in [-0.1, -0.05) is 48.5 Å². The predicted octanol–water partition coefficient (Wildman–Crippen LogP) is 3.95. The molecule has 0 aliphatic carbocycles. The molecule has 1 aliphatic heterocycles. The third kappa shape index (κ3) is 2.80. The number of aryl methyl sites for hydroxylation is 1. The maximum Gasteiger partial charge on any atom is 0.214 e. The second-order valence-corrected chi connectivity index (χ2v) is 6.08. The summed E-state index contributed by atoms with van der Waals surface area (Å²) in [6, 6.07) is 18.8. The average molecular weight is 304 g/mol. The molecule has 0 bridgehead atoms. The van der Waals surface area contributed by atoms with Crippen LogP contribution in [0.3, 0.4) is 0 Å². The number of nitrogens with zero attached hydrogens (tertiary/aromatic N) is 1. The van der Waals surface area contributed by atoms with Gasteiger partial charge in [-0.3, -0.25) is 0 Å². The highest BCUT2D eigenvalue weighted by Gasteiger charge is 2.18. The zero-order valence-electron chi connectivity index (χ0n) is 13.3. The normalized spacial score (nSPS) is 17.5. The summed E-state index contributed by atoms with van der Waals surface area (Å²) in [6.07, 6.45) is 1.25. The number of ether oxygens (including phenoxy) is 1. The van der Waals surface area contributed by atoms with Crippen molar-refractivity contribution in [3.05, 3.63) is 60.2 Å². The van der Waals surface area contributed by atoms with E-state index in [2.05, 4.69) is 66.8 Å². The van der Waals surface area contributed by atoms with E-state index < -0.39 is 0 Å². The summed E-state index contributed by atoms with van der Waals surface area (Å²) in [5.41, 5.74) is 3.39. The lowest BCUT2D eigenvalue weighted by molar-refractivity contribution is 0.214. The smallest absolute Gasteiger partial charge is 0.214 e. The average Bonchev–Trinajstić information content (AvgIpc) is 3.08. The third-order valence-corrected chi connectivity index (χ3v) is 4.42. The van der Waals surface area contributed by atoms with Crippen LogP contribution in [0.2, 0.25) is 0 Å². The van der Waals surface area contributed by atoms with E-state index in [1.54, 1.807) is 0 Å². The Bertz CT molecular complexity index is 838. The number of nitrogens with one attached hydrogen (secondary N) is 1. The van der Waals surface area contributed by atoms with Gasteiger partial charge in [-0.15, -0.1) is 0 Å². The summed E-state index contributed by atoms with van der Waals surface area (Å²) in [5, 5.41) is 5.67. The maximum atomic E-state index is 6.11. The molecule has 1 saturated heterocycles. The van der Waals surface area contributed by atoms with E-state index in [9.17, 15) is 0 Å². The van der Waals surface area contributed by atoms with E-state index in [0.29, 0.717) is 0 Å². The molecule has 4 rings (SSSR count). The molecule has 3 aromatic rings. The molecule has 1 aliphatic rings. The summed E-state index contributed by atoms with van der Waals surface area (Å²) >= 11 is 0. The van der Waals surface area contributed by atoms with Gasteiger partial charge in [0.15, 0.2) is 0 Å². The zero-order chi connectivity index (χ0) is 15.6. The zero-order valence-corrected chi connectivity index (χ0v) is 13.3. The maximum absolute atomic E-state index is 6.11. The fraction of sp³-hybridized carbons (Fsp3) is 0.250. The van der Waals surface area contributed by atoms with Gasteiger partial charge in [-0.25, -0.2) is 4.98 Å². The van der Waals surface area contributed by atoms with Crippen molar-refractivity contribution in [1.82, 2.24) is 10.3 Å². The monoisotopic (exact) mass is 304 g/mol. The number of rotatable bonds is 3. The van der Waals surface area contributed by atoms with Gasteiger partial charge in [-0.2, -0.15) is 0 Å². The molecular weight excluding hydrogens is 284 g/mol. The van der Waals surface area contributed by atoms with Crippen LogP contribution in [0.15, 0.2) is 54.6 Å². The molecule has 2 heterocycles. The molecule has 1 fully saturated rings. The minimum Gasteiger partial charge on any atom is -0.473 e. The van der Waals surface area contributed by atoms with Crippen LogP contribution in [0.25, 0.3) is 22.0 Å². The van der Waals surface area contributed by atoms with Gasteiger partial charge in [0.25, 0.3) is 0 Å². The Kier molecular flexibility index (Phi) is 3.72. The van der Waals surface area contributed by atoms with Gasteiger partial charge in [0.05, 0.1) is 5.69 Å². The third-order valence-electron chi connectivity index (χ3n) is 4.42. The highest BCUT2D eigenvalue weighted by molar-refractivity contribution is 5.95. The Balaban J connectivity index is 1.85. The second-order valence-electron chi connectivity index (χ2n) is 6.08. The molecule has 3 nitrogen and oxygen atoms in total. The summed E-state index contributed by atoms with van der Waals surface area (Å²) in [6.45, 7) is 4.04. The van der Waals surface area contributed by atoms with Crippen LogP contribution in [0.4, 0.5) is 0 Å². The van der Waals surface area contributed by atoms with E-state index >= 15 is 0 Å². The minimum atomic E-state index is 0.216. The lowest BCUT2D eigenvalue weighted by atomic mass is 10.0. The van der Waals surface area contributed by atoms with Crippen molar-refractivity contribution in [3.8, 4) is 17.1 Å². The van der Waals surface area contributed by atoms with Gasteiger partial charge >= 0.3 is 0 Å². The van der Waals surface area contributed by atoms with Crippen LogP contribution in [0.1, 0.15) is 12.0 Å². The fourth-order valence-electron chi connectivity index (χ4n) is 3.18. The highest BCUT2D eigenvalue weighted by atomic mass is 16.5. The van der Waals surface area contributed by atoms with Crippen LogP contribution in [-0.2, 0) is 0 Å². The van der Waals surface area contributed by atoms with E-state index in [0.717, 1.165) is 31.1 Å². The second kappa shape index (κ2) is 6.01. The van der Waals surface area contributed by atoms with Crippen molar-refractivity contribution in [2.75, 3.05) is 13.1 Å². The van der Waals surface area contributed by atoms with Crippen LogP contribution in [-0.4, -0.2) is 24.2 Å². The molecule has 0 spiro atoms. The number of benzene rings is 2. The van der Waals surface area contributed by atoms with Crippen molar-refractivity contribution in [3.63, 3.8) is 0 Å². The molecule has 2 aromatic carbocycles. The first kappa shape index (κ1) is 14.2. The van der Waals surface area contributed by atoms with E-state index in [1.807, 2.05) is 0 Å². The Morgan fingerprint density at radius 3 is 2.74 bits per heavy atom. The number of aromatic nitrogens is 1. The van der Waals surface area contributed by atoms with Crippen molar-refractivity contribution in [2.24, 2.45) is 0 Å². The summed E-state index contributed by atoms with van der Waals surface area (Å²) in [5.74, 6) is 0.718. The number of pyridine rings is 1. The molecule has 1 atom stereocenters. The number of hydrogen-bond donors (Lipinski definition) is 1. The van der Waals surface area contributed by atoms with Crippen molar-refractivity contribution >= 4 is 10.8 Å². The predicted molar refractivity (Wildman–Crippen MR) is 93.8 cm³/mol. The van der Waals surface area contributed by atoms with Crippen molar-refractivity contribution < 1.29 is 4.74 Å². The molecular formula is C20H20N2O. The fourth-order valence-corrected chi connectivity index (χ4v) is 3.18. The quantitative estimate of drug-likeness (QED) is 0.795. The summed E-state index contributed by atoms with van der Waals surface area (Å²) < 4.78 is 6.11. The molecule has 0 amide bonds. The van der Waals surface area contributed by atoms with Gasteiger partial charge in [0, 0.05) is 23.6 Å². The van der Waals surface area contributed by atoms with Crippen LogP contribution in [0.5, 0.6) is 5.88 Å². The van der Waals surface area contributed by atoms with Crippen LogP contribution >= 0.6 is 0 Å². The first-order valence-electron chi connectivity index (χ1n) is 8.14. The molecule has 0 saturated carbocycles. The Labute approximate surface area is 136 Å². The van der Waals surface area contributed by atoms with Crippen LogP contribution < -0.4 is 10.1 Å². The topological polar surface area (TPSA) is 34.1 Å². The van der Waals surface area contributed by atoms with Gasteiger partial charge in [0.2, 0.25) is 5.88 Å².